The number of aromatic nitrogens is 4. The van der Waals surface area contributed by atoms with Gasteiger partial charge in [0.05, 0.1) is 29.7 Å². The number of likely N-dealkylation sites (tertiary alicyclic amines) is 1. The molecule has 4 rings (SSSR count). The van der Waals surface area contributed by atoms with E-state index in [1.807, 2.05) is 0 Å². The van der Waals surface area contributed by atoms with Gasteiger partial charge in [-0.3, -0.25) is 19.7 Å². The van der Waals surface area contributed by atoms with Gasteiger partial charge in [-0.25, -0.2) is 4.79 Å². The molecule has 1 aliphatic rings. The van der Waals surface area contributed by atoms with E-state index < -0.39 is 30.7 Å². The van der Waals surface area contributed by atoms with Gasteiger partial charge >= 0.3 is 12.3 Å². The summed E-state index contributed by atoms with van der Waals surface area (Å²) in [5, 5.41) is 9.58. The number of halogens is 3. The van der Waals surface area contributed by atoms with Crippen LogP contribution in [0.25, 0.3) is 11.0 Å². The molecule has 2 unspecified atom stereocenters. The number of rotatable bonds is 3. The SMILES string of the molecule is O=C(O)N1CCC(C(F)(F)F)CC1c1ncccc1Cn1c(=S)[nH]c(=O)c2[nH]ccc21. The summed E-state index contributed by atoms with van der Waals surface area (Å²) >= 11 is 5.28. The molecule has 0 aromatic carbocycles. The fraction of sp³-hybridized carbons (Fsp3) is 0.368. The van der Waals surface area contributed by atoms with Gasteiger partial charge in [-0.15, -0.1) is 0 Å². The number of carboxylic acid groups (broad SMARTS) is 1. The lowest BCUT2D eigenvalue weighted by atomic mass is 9.87. The zero-order valence-electron chi connectivity index (χ0n) is 16.0. The minimum Gasteiger partial charge on any atom is -0.465 e. The van der Waals surface area contributed by atoms with Crippen LogP contribution in [0.2, 0.25) is 0 Å². The van der Waals surface area contributed by atoms with Crippen molar-refractivity contribution in [3.8, 4) is 0 Å². The summed E-state index contributed by atoms with van der Waals surface area (Å²) in [6.45, 7) is -0.131. The van der Waals surface area contributed by atoms with E-state index in [2.05, 4.69) is 15.0 Å². The number of pyridine rings is 1. The molecule has 0 saturated carbocycles. The zero-order chi connectivity index (χ0) is 22.3. The maximum Gasteiger partial charge on any atom is 0.407 e. The molecule has 8 nitrogen and oxygen atoms in total. The highest BCUT2D eigenvalue weighted by Gasteiger charge is 2.46. The molecule has 1 amide bonds. The Bertz CT molecular complexity index is 1250. The number of nitrogens with one attached hydrogen (secondary N) is 2. The van der Waals surface area contributed by atoms with Crippen molar-refractivity contribution >= 4 is 29.3 Å². The van der Waals surface area contributed by atoms with Crippen LogP contribution in [0.5, 0.6) is 0 Å². The lowest BCUT2D eigenvalue weighted by Crippen LogP contribution is -2.44. The molecule has 3 aromatic heterocycles. The summed E-state index contributed by atoms with van der Waals surface area (Å²) in [6.07, 6.45) is -3.41. The number of nitrogens with zero attached hydrogens (tertiary/aromatic N) is 3. The lowest BCUT2D eigenvalue weighted by Gasteiger charge is -2.38. The van der Waals surface area contributed by atoms with E-state index in [9.17, 15) is 27.9 Å². The van der Waals surface area contributed by atoms with Crippen LogP contribution in [0.3, 0.4) is 0 Å². The molecule has 0 spiro atoms. The van der Waals surface area contributed by atoms with Gasteiger partial charge in [0.1, 0.15) is 5.52 Å². The summed E-state index contributed by atoms with van der Waals surface area (Å²) in [4.78, 5) is 34.5. The molecular formula is C19H18F3N5O3S. The molecular weight excluding hydrogens is 435 g/mol. The quantitative estimate of drug-likeness (QED) is 0.523. The highest BCUT2D eigenvalue weighted by Crippen LogP contribution is 2.42. The van der Waals surface area contributed by atoms with Gasteiger partial charge in [0.15, 0.2) is 4.77 Å². The molecule has 1 aliphatic heterocycles. The number of amides is 1. The Morgan fingerprint density at radius 2 is 2.13 bits per heavy atom. The molecule has 1 saturated heterocycles. The van der Waals surface area contributed by atoms with Crippen LogP contribution in [0.1, 0.15) is 30.1 Å². The molecule has 0 radical (unpaired) electrons. The predicted octanol–water partition coefficient (Wildman–Crippen LogP) is 3.82. The Balaban J connectivity index is 1.78. The third-order valence-corrected chi connectivity index (χ3v) is 5.91. The molecule has 3 aromatic rings. The summed E-state index contributed by atoms with van der Waals surface area (Å²) in [5.41, 5.74) is 1.21. The first-order chi connectivity index (χ1) is 14.7. The molecule has 2 atom stereocenters. The number of H-pyrrole nitrogens is 2. The Kier molecular flexibility index (Phi) is 5.33. The second kappa shape index (κ2) is 7.84. The molecule has 0 bridgehead atoms. The van der Waals surface area contributed by atoms with Crippen molar-refractivity contribution in [1.29, 1.82) is 0 Å². The van der Waals surface area contributed by atoms with Crippen molar-refractivity contribution in [3.63, 3.8) is 0 Å². The van der Waals surface area contributed by atoms with Gasteiger partial charge in [0.25, 0.3) is 5.56 Å². The van der Waals surface area contributed by atoms with Crippen LogP contribution in [0, 0.1) is 10.7 Å². The summed E-state index contributed by atoms with van der Waals surface area (Å²) in [7, 11) is 0. The van der Waals surface area contributed by atoms with Gasteiger partial charge in [-0.05, 0) is 42.8 Å². The first-order valence-corrected chi connectivity index (χ1v) is 9.88. The van der Waals surface area contributed by atoms with Gasteiger partial charge in [-0.2, -0.15) is 13.2 Å². The lowest BCUT2D eigenvalue weighted by molar-refractivity contribution is -0.188. The molecule has 3 N–H and O–H groups in total. The van der Waals surface area contributed by atoms with Crippen molar-refractivity contribution in [1.82, 2.24) is 24.4 Å². The fourth-order valence-electron chi connectivity index (χ4n) is 4.07. The summed E-state index contributed by atoms with van der Waals surface area (Å²) in [5.74, 6) is -1.62. The van der Waals surface area contributed by atoms with E-state index in [1.165, 1.54) is 6.20 Å². The standard InChI is InChI=1S/C19H18F3N5O3S/c20-19(21,22)11-4-7-26(18(29)30)13(8-11)14-10(2-1-5-23-14)9-27-12-3-6-24-15(12)16(28)25-17(27)31/h1-3,5-6,11,13,24H,4,7-9H2,(H,29,30)(H,25,28,31). The fourth-order valence-corrected chi connectivity index (χ4v) is 4.32. The third-order valence-electron chi connectivity index (χ3n) is 5.59. The number of alkyl halides is 3. The van der Waals surface area contributed by atoms with Crippen molar-refractivity contribution in [2.45, 2.75) is 31.6 Å². The van der Waals surface area contributed by atoms with Gasteiger partial charge in [-0.1, -0.05) is 6.07 Å². The van der Waals surface area contributed by atoms with Crippen molar-refractivity contribution in [3.05, 3.63) is 57.0 Å². The average molecular weight is 453 g/mol. The van der Waals surface area contributed by atoms with Crippen molar-refractivity contribution < 1.29 is 23.1 Å². The predicted molar refractivity (Wildman–Crippen MR) is 107 cm³/mol. The number of piperidine rings is 1. The highest BCUT2D eigenvalue weighted by molar-refractivity contribution is 7.71. The Labute approximate surface area is 178 Å². The number of hydrogen-bond donors (Lipinski definition) is 3. The summed E-state index contributed by atoms with van der Waals surface area (Å²) in [6, 6.07) is 3.91. The Morgan fingerprint density at radius 1 is 1.35 bits per heavy atom. The molecule has 12 heteroatoms. The molecule has 1 fully saturated rings. The number of carbonyl (C=O) groups is 1. The topological polar surface area (TPSA) is 107 Å². The van der Waals surface area contributed by atoms with Crippen LogP contribution < -0.4 is 5.56 Å². The normalized spacial score (nSPS) is 19.6. The zero-order valence-corrected chi connectivity index (χ0v) is 16.8. The smallest absolute Gasteiger partial charge is 0.407 e. The van der Waals surface area contributed by atoms with Crippen LogP contribution in [-0.4, -0.2) is 48.3 Å². The Hall–Kier alpha value is -3.15. The minimum atomic E-state index is -4.42. The monoisotopic (exact) mass is 453 g/mol. The average Bonchev–Trinajstić information content (AvgIpc) is 3.20. The second-order valence-electron chi connectivity index (χ2n) is 7.39. The molecule has 0 aliphatic carbocycles. The highest BCUT2D eigenvalue weighted by atomic mass is 32.1. The van der Waals surface area contributed by atoms with E-state index in [0.717, 1.165) is 4.90 Å². The maximum absolute atomic E-state index is 13.4. The summed E-state index contributed by atoms with van der Waals surface area (Å²) < 4.78 is 41.9. The Morgan fingerprint density at radius 3 is 2.84 bits per heavy atom. The van der Waals surface area contributed by atoms with Crippen LogP contribution in [0.4, 0.5) is 18.0 Å². The van der Waals surface area contributed by atoms with Crippen LogP contribution in [0.15, 0.2) is 35.4 Å². The van der Waals surface area contributed by atoms with E-state index in [-0.39, 0.29) is 35.5 Å². The van der Waals surface area contributed by atoms with Crippen LogP contribution >= 0.6 is 12.2 Å². The van der Waals surface area contributed by atoms with E-state index in [0.29, 0.717) is 16.6 Å². The van der Waals surface area contributed by atoms with E-state index in [4.69, 9.17) is 12.2 Å². The second-order valence-corrected chi connectivity index (χ2v) is 7.77. The van der Waals surface area contributed by atoms with Crippen LogP contribution in [-0.2, 0) is 6.54 Å². The molecule has 31 heavy (non-hydrogen) atoms. The van der Waals surface area contributed by atoms with Crippen molar-refractivity contribution in [2.75, 3.05) is 6.54 Å². The maximum atomic E-state index is 13.4. The molecule has 164 valence electrons. The number of aromatic amines is 2. The number of hydrogen-bond acceptors (Lipinski definition) is 4. The first kappa shape index (κ1) is 21.1. The van der Waals surface area contributed by atoms with Gasteiger partial charge in [0, 0.05) is 18.9 Å². The number of fused-ring (bicyclic) bond motifs is 1. The van der Waals surface area contributed by atoms with Crippen molar-refractivity contribution in [2.24, 2.45) is 5.92 Å². The van der Waals surface area contributed by atoms with Gasteiger partial charge < -0.3 is 14.7 Å². The minimum absolute atomic E-state index is 0.105. The molecule has 4 heterocycles. The first-order valence-electron chi connectivity index (χ1n) is 9.47. The van der Waals surface area contributed by atoms with E-state index >= 15 is 0 Å². The van der Waals surface area contributed by atoms with Gasteiger partial charge in [0.2, 0.25) is 0 Å². The van der Waals surface area contributed by atoms with E-state index in [1.54, 1.807) is 29.0 Å². The third kappa shape index (κ3) is 3.94. The largest absolute Gasteiger partial charge is 0.465 e.